The molecule has 2 aliphatic rings. The fourth-order valence-electron chi connectivity index (χ4n) is 3.84. The molecule has 120 valence electrons. The van der Waals surface area contributed by atoms with E-state index in [9.17, 15) is 14.7 Å². The summed E-state index contributed by atoms with van der Waals surface area (Å²) in [6.45, 7) is 2.74. The minimum Gasteiger partial charge on any atom is -0.480 e. The number of carboxylic acids is 1. The van der Waals surface area contributed by atoms with E-state index < -0.39 is 12.0 Å². The Hall–Kier alpha value is -1.06. The van der Waals surface area contributed by atoms with Crippen molar-refractivity contribution in [3.63, 3.8) is 0 Å². The second kappa shape index (κ2) is 7.81. The van der Waals surface area contributed by atoms with E-state index in [1.807, 2.05) is 0 Å². The summed E-state index contributed by atoms with van der Waals surface area (Å²) in [6.07, 6.45) is 10.4. The highest BCUT2D eigenvalue weighted by Gasteiger charge is 2.37. The van der Waals surface area contributed by atoms with E-state index in [1.54, 1.807) is 4.90 Å². The maximum Gasteiger partial charge on any atom is 0.326 e. The molecule has 1 saturated heterocycles. The van der Waals surface area contributed by atoms with E-state index in [0.29, 0.717) is 18.9 Å². The van der Waals surface area contributed by atoms with Crippen LogP contribution in [0, 0.1) is 11.8 Å². The highest BCUT2D eigenvalue weighted by atomic mass is 16.4. The van der Waals surface area contributed by atoms with E-state index in [-0.39, 0.29) is 11.8 Å². The van der Waals surface area contributed by atoms with Crippen LogP contribution in [-0.4, -0.2) is 34.5 Å². The summed E-state index contributed by atoms with van der Waals surface area (Å²) in [5.41, 5.74) is 0. The molecule has 2 rings (SSSR count). The number of rotatable bonds is 3. The van der Waals surface area contributed by atoms with Gasteiger partial charge in [-0.1, -0.05) is 45.4 Å². The van der Waals surface area contributed by atoms with Crippen molar-refractivity contribution in [2.45, 2.75) is 77.2 Å². The zero-order chi connectivity index (χ0) is 15.2. The first-order chi connectivity index (χ1) is 10.1. The van der Waals surface area contributed by atoms with Gasteiger partial charge in [-0.15, -0.1) is 0 Å². The average molecular weight is 295 g/mol. The monoisotopic (exact) mass is 295 g/mol. The Kier molecular flexibility index (Phi) is 6.07. The van der Waals surface area contributed by atoms with Gasteiger partial charge >= 0.3 is 5.97 Å². The molecular weight excluding hydrogens is 266 g/mol. The number of amides is 1. The normalized spacial score (nSPS) is 28.7. The number of aliphatic carboxylic acids is 1. The summed E-state index contributed by atoms with van der Waals surface area (Å²) in [5, 5.41) is 9.48. The fourth-order valence-corrected chi connectivity index (χ4v) is 3.84. The lowest BCUT2D eigenvalue weighted by molar-refractivity contribution is -0.155. The molecule has 2 fully saturated rings. The zero-order valence-electron chi connectivity index (χ0n) is 13.2. The van der Waals surface area contributed by atoms with Gasteiger partial charge in [-0.3, -0.25) is 4.79 Å². The van der Waals surface area contributed by atoms with Crippen LogP contribution >= 0.6 is 0 Å². The summed E-state index contributed by atoms with van der Waals surface area (Å²) >= 11 is 0. The topological polar surface area (TPSA) is 57.6 Å². The zero-order valence-corrected chi connectivity index (χ0v) is 13.2. The number of hydrogen-bond acceptors (Lipinski definition) is 2. The van der Waals surface area contributed by atoms with Gasteiger partial charge in [-0.2, -0.15) is 0 Å². The molecular formula is C17H29NO3. The molecule has 1 amide bonds. The van der Waals surface area contributed by atoms with Crippen LogP contribution < -0.4 is 0 Å². The van der Waals surface area contributed by atoms with Crippen LogP contribution in [0.4, 0.5) is 0 Å². The molecule has 1 N–H and O–H groups in total. The van der Waals surface area contributed by atoms with E-state index in [1.165, 1.54) is 19.3 Å². The number of piperidine rings is 1. The van der Waals surface area contributed by atoms with Crippen molar-refractivity contribution in [3.8, 4) is 0 Å². The second-order valence-electron chi connectivity index (χ2n) is 6.73. The highest BCUT2D eigenvalue weighted by molar-refractivity contribution is 5.85. The van der Waals surface area contributed by atoms with Gasteiger partial charge in [-0.25, -0.2) is 4.79 Å². The molecule has 0 spiro atoms. The molecule has 21 heavy (non-hydrogen) atoms. The molecule has 0 aromatic heterocycles. The lowest BCUT2D eigenvalue weighted by Gasteiger charge is -2.39. The maximum absolute atomic E-state index is 12.8. The van der Waals surface area contributed by atoms with Crippen molar-refractivity contribution >= 4 is 11.9 Å². The van der Waals surface area contributed by atoms with Crippen molar-refractivity contribution in [2.24, 2.45) is 11.8 Å². The molecule has 1 heterocycles. The summed E-state index contributed by atoms with van der Waals surface area (Å²) < 4.78 is 0. The molecule has 0 bridgehead atoms. The molecule has 0 aromatic rings. The van der Waals surface area contributed by atoms with Crippen molar-refractivity contribution in [1.82, 2.24) is 4.90 Å². The van der Waals surface area contributed by atoms with E-state index in [0.717, 1.165) is 38.5 Å². The Bertz CT molecular complexity index is 361. The third-order valence-electron chi connectivity index (χ3n) is 5.31. The van der Waals surface area contributed by atoms with Gasteiger partial charge < -0.3 is 10.0 Å². The first-order valence-electron chi connectivity index (χ1n) is 8.66. The number of hydrogen-bond donors (Lipinski definition) is 1. The standard InChI is InChI=1S/C17H29NO3/c1-2-13-10-11-18(15(12-13)17(20)21)16(19)14-8-6-4-3-5-7-9-14/h13-15H,2-12H2,1H3,(H,20,21). The lowest BCUT2D eigenvalue weighted by atomic mass is 9.85. The molecule has 1 aliphatic heterocycles. The van der Waals surface area contributed by atoms with Crippen molar-refractivity contribution in [2.75, 3.05) is 6.54 Å². The number of carbonyl (C=O) groups excluding carboxylic acids is 1. The molecule has 0 radical (unpaired) electrons. The SMILES string of the molecule is CCC1CCN(C(=O)C2CCCCCCC2)C(C(=O)O)C1. The van der Waals surface area contributed by atoms with Gasteiger partial charge in [0.2, 0.25) is 5.91 Å². The predicted octanol–water partition coefficient (Wildman–Crippen LogP) is 3.45. The number of carbonyl (C=O) groups is 2. The minimum absolute atomic E-state index is 0.0605. The second-order valence-corrected chi connectivity index (χ2v) is 6.73. The van der Waals surface area contributed by atoms with Crippen molar-refractivity contribution in [1.29, 1.82) is 0 Å². The Balaban J connectivity index is 2.02. The molecule has 1 aliphatic carbocycles. The van der Waals surface area contributed by atoms with Gasteiger partial charge in [0.05, 0.1) is 0 Å². The van der Waals surface area contributed by atoms with Gasteiger partial charge in [-0.05, 0) is 31.6 Å². The summed E-state index contributed by atoms with van der Waals surface area (Å²) in [6, 6.07) is -0.596. The Morgan fingerprint density at radius 3 is 2.24 bits per heavy atom. The first kappa shape index (κ1) is 16.3. The number of nitrogens with zero attached hydrogens (tertiary/aromatic N) is 1. The highest BCUT2D eigenvalue weighted by Crippen LogP contribution is 2.30. The Labute approximate surface area is 127 Å². The van der Waals surface area contributed by atoms with E-state index >= 15 is 0 Å². The van der Waals surface area contributed by atoms with Crippen LogP contribution in [-0.2, 0) is 9.59 Å². The summed E-state index contributed by atoms with van der Waals surface area (Å²) in [7, 11) is 0. The van der Waals surface area contributed by atoms with Crippen LogP contribution in [0.2, 0.25) is 0 Å². The quantitative estimate of drug-likeness (QED) is 0.867. The third kappa shape index (κ3) is 4.21. The van der Waals surface area contributed by atoms with E-state index in [4.69, 9.17) is 0 Å². The molecule has 0 aromatic carbocycles. The van der Waals surface area contributed by atoms with E-state index in [2.05, 4.69) is 6.92 Å². The molecule has 2 atom stereocenters. The predicted molar refractivity (Wildman–Crippen MR) is 82.0 cm³/mol. The number of carboxylic acid groups (broad SMARTS) is 1. The van der Waals surface area contributed by atoms with Gasteiger partial charge in [0.15, 0.2) is 0 Å². The van der Waals surface area contributed by atoms with Crippen molar-refractivity contribution in [3.05, 3.63) is 0 Å². The summed E-state index contributed by atoms with van der Waals surface area (Å²) in [5.74, 6) is -0.205. The molecule has 1 saturated carbocycles. The lowest BCUT2D eigenvalue weighted by Crippen LogP contribution is -2.52. The van der Waals surface area contributed by atoms with Crippen LogP contribution in [0.15, 0.2) is 0 Å². The van der Waals surface area contributed by atoms with Crippen LogP contribution in [0.3, 0.4) is 0 Å². The van der Waals surface area contributed by atoms with Gasteiger partial charge in [0.25, 0.3) is 0 Å². The van der Waals surface area contributed by atoms with Gasteiger partial charge in [0.1, 0.15) is 6.04 Å². The van der Waals surface area contributed by atoms with Crippen LogP contribution in [0.1, 0.15) is 71.1 Å². The molecule has 2 unspecified atom stereocenters. The molecule has 4 nitrogen and oxygen atoms in total. The summed E-state index contributed by atoms with van der Waals surface area (Å²) in [4.78, 5) is 26.0. The smallest absolute Gasteiger partial charge is 0.326 e. The van der Waals surface area contributed by atoms with Crippen LogP contribution in [0.5, 0.6) is 0 Å². The minimum atomic E-state index is -0.827. The Morgan fingerprint density at radius 2 is 1.67 bits per heavy atom. The van der Waals surface area contributed by atoms with Crippen molar-refractivity contribution < 1.29 is 14.7 Å². The maximum atomic E-state index is 12.8. The first-order valence-corrected chi connectivity index (χ1v) is 8.66. The largest absolute Gasteiger partial charge is 0.480 e. The number of likely N-dealkylation sites (tertiary alicyclic amines) is 1. The Morgan fingerprint density at radius 1 is 1.05 bits per heavy atom. The van der Waals surface area contributed by atoms with Crippen LogP contribution in [0.25, 0.3) is 0 Å². The average Bonchev–Trinajstić information content (AvgIpc) is 2.45. The molecule has 4 heteroatoms. The third-order valence-corrected chi connectivity index (χ3v) is 5.31. The fraction of sp³-hybridized carbons (Fsp3) is 0.882. The van der Waals surface area contributed by atoms with Gasteiger partial charge in [0, 0.05) is 12.5 Å².